The van der Waals surface area contributed by atoms with E-state index in [1.165, 1.54) is 5.56 Å². The van der Waals surface area contributed by atoms with E-state index in [9.17, 15) is 4.79 Å². The molecule has 0 aliphatic carbocycles. The molecule has 19 heavy (non-hydrogen) atoms. The minimum Gasteiger partial charge on any atom is -0.322 e. The van der Waals surface area contributed by atoms with Crippen molar-refractivity contribution in [2.45, 2.75) is 13.3 Å². The number of benzene rings is 2. The van der Waals surface area contributed by atoms with Crippen LogP contribution in [-0.4, -0.2) is 5.91 Å². The van der Waals surface area contributed by atoms with Crippen LogP contribution in [0.25, 0.3) is 0 Å². The Morgan fingerprint density at radius 3 is 2.74 bits per heavy atom. The first kappa shape index (κ1) is 14.3. The van der Waals surface area contributed by atoms with E-state index in [-0.39, 0.29) is 5.91 Å². The van der Waals surface area contributed by atoms with Gasteiger partial charge in [-0.25, -0.2) is 0 Å². The first-order valence-corrected chi connectivity index (χ1v) is 7.41. The molecule has 2 aromatic carbocycles. The number of carbonyl (C=O) groups is 1. The molecule has 0 aromatic heterocycles. The molecule has 2 aromatic rings. The lowest BCUT2D eigenvalue weighted by Crippen LogP contribution is -2.13. The second-order valence-corrected chi connectivity index (χ2v) is 5.73. The van der Waals surface area contributed by atoms with E-state index in [4.69, 9.17) is 11.6 Å². The Balaban J connectivity index is 2.20. The SMILES string of the molecule is CCc1cccc(NC(=O)c2ccc(Cl)cc2I)c1. The molecule has 4 heteroatoms. The second kappa shape index (κ2) is 6.39. The highest BCUT2D eigenvalue weighted by Crippen LogP contribution is 2.20. The molecule has 0 unspecified atom stereocenters. The molecule has 2 rings (SSSR count). The number of aryl methyl sites for hydroxylation is 1. The first-order valence-electron chi connectivity index (χ1n) is 5.95. The van der Waals surface area contributed by atoms with Gasteiger partial charge in [0.25, 0.3) is 5.91 Å². The molecule has 0 saturated heterocycles. The fourth-order valence-electron chi connectivity index (χ4n) is 1.74. The third-order valence-corrected chi connectivity index (χ3v) is 3.90. The van der Waals surface area contributed by atoms with Gasteiger partial charge in [0.2, 0.25) is 0 Å². The average Bonchev–Trinajstić information content (AvgIpc) is 2.38. The zero-order valence-corrected chi connectivity index (χ0v) is 13.3. The van der Waals surface area contributed by atoms with Crippen LogP contribution in [0.1, 0.15) is 22.8 Å². The molecule has 0 spiro atoms. The highest BCUT2D eigenvalue weighted by atomic mass is 127. The Hall–Kier alpha value is -1.07. The number of amides is 1. The van der Waals surface area contributed by atoms with Crippen molar-refractivity contribution in [1.29, 1.82) is 0 Å². The summed E-state index contributed by atoms with van der Waals surface area (Å²) >= 11 is 8.00. The van der Waals surface area contributed by atoms with Crippen molar-refractivity contribution < 1.29 is 4.79 Å². The molecule has 1 amide bonds. The van der Waals surface area contributed by atoms with Crippen LogP contribution in [-0.2, 0) is 6.42 Å². The van der Waals surface area contributed by atoms with Gasteiger partial charge in [0.05, 0.1) is 5.56 Å². The highest BCUT2D eigenvalue weighted by molar-refractivity contribution is 14.1. The molecule has 98 valence electrons. The second-order valence-electron chi connectivity index (χ2n) is 4.13. The van der Waals surface area contributed by atoms with Gasteiger partial charge in [-0.2, -0.15) is 0 Å². The van der Waals surface area contributed by atoms with Crippen molar-refractivity contribution in [3.8, 4) is 0 Å². The van der Waals surface area contributed by atoms with Crippen LogP contribution in [0.5, 0.6) is 0 Å². The Morgan fingerprint density at radius 1 is 1.26 bits per heavy atom. The van der Waals surface area contributed by atoms with E-state index < -0.39 is 0 Å². The first-order chi connectivity index (χ1) is 9.10. The number of nitrogens with one attached hydrogen (secondary N) is 1. The number of hydrogen-bond acceptors (Lipinski definition) is 1. The zero-order chi connectivity index (χ0) is 13.8. The summed E-state index contributed by atoms with van der Waals surface area (Å²) in [5.41, 5.74) is 2.64. The van der Waals surface area contributed by atoms with Crippen LogP contribution in [0.3, 0.4) is 0 Å². The summed E-state index contributed by atoms with van der Waals surface area (Å²) in [6, 6.07) is 13.1. The Kier molecular flexibility index (Phi) is 4.82. The molecule has 2 nitrogen and oxygen atoms in total. The van der Waals surface area contributed by atoms with Gasteiger partial charge in [0, 0.05) is 14.3 Å². The quantitative estimate of drug-likeness (QED) is 0.758. The van der Waals surface area contributed by atoms with E-state index in [0.29, 0.717) is 10.6 Å². The molecular formula is C15H13ClINO. The molecular weight excluding hydrogens is 373 g/mol. The maximum atomic E-state index is 12.2. The molecule has 0 aliphatic heterocycles. The third-order valence-electron chi connectivity index (χ3n) is 2.77. The van der Waals surface area contributed by atoms with Gasteiger partial charge in [0.1, 0.15) is 0 Å². The van der Waals surface area contributed by atoms with Crippen LogP contribution < -0.4 is 5.32 Å². The Labute approximate surface area is 131 Å². The van der Waals surface area contributed by atoms with Crippen molar-refractivity contribution in [2.75, 3.05) is 5.32 Å². The smallest absolute Gasteiger partial charge is 0.256 e. The maximum Gasteiger partial charge on any atom is 0.256 e. The van der Waals surface area contributed by atoms with Crippen molar-refractivity contribution in [3.05, 3.63) is 62.2 Å². The van der Waals surface area contributed by atoms with Crippen LogP contribution in [0, 0.1) is 3.57 Å². The lowest BCUT2D eigenvalue weighted by atomic mass is 10.1. The lowest BCUT2D eigenvalue weighted by Gasteiger charge is -2.08. The molecule has 0 fully saturated rings. The summed E-state index contributed by atoms with van der Waals surface area (Å²) in [6.45, 7) is 2.09. The van der Waals surface area contributed by atoms with E-state index in [0.717, 1.165) is 15.7 Å². The highest BCUT2D eigenvalue weighted by Gasteiger charge is 2.10. The van der Waals surface area contributed by atoms with Crippen molar-refractivity contribution in [1.82, 2.24) is 0 Å². The van der Waals surface area contributed by atoms with Crippen LogP contribution in [0.15, 0.2) is 42.5 Å². The summed E-state index contributed by atoms with van der Waals surface area (Å²) in [4.78, 5) is 12.2. The van der Waals surface area contributed by atoms with Gasteiger partial charge < -0.3 is 5.32 Å². The van der Waals surface area contributed by atoms with Crippen molar-refractivity contribution in [2.24, 2.45) is 0 Å². The largest absolute Gasteiger partial charge is 0.322 e. The number of hydrogen-bond donors (Lipinski definition) is 1. The minimum absolute atomic E-state index is 0.116. The summed E-state index contributed by atoms with van der Waals surface area (Å²) < 4.78 is 0.842. The van der Waals surface area contributed by atoms with Gasteiger partial charge in [-0.05, 0) is 64.9 Å². The van der Waals surface area contributed by atoms with Crippen LogP contribution in [0.4, 0.5) is 5.69 Å². The third kappa shape index (κ3) is 3.70. The molecule has 0 heterocycles. The van der Waals surface area contributed by atoms with Crippen molar-refractivity contribution in [3.63, 3.8) is 0 Å². The fourth-order valence-corrected chi connectivity index (χ4v) is 2.86. The van der Waals surface area contributed by atoms with E-state index in [2.05, 4.69) is 34.8 Å². The molecule has 0 atom stereocenters. The predicted molar refractivity (Wildman–Crippen MR) is 87.9 cm³/mol. The summed E-state index contributed by atoms with van der Waals surface area (Å²) in [6.07, 6.45) is 0.947. The van der Waals surface area contributed by atoms with Gasteiger partial charge in [-0.15, -0.1) is 0 Å². The Morgan fingerprint density at radius 2 is 2.05 bits per heavy atom. The van der Waals surface area contributed by atoms with Gasteiger partial charge in [-0.1, -0.05) is 30.7 Å². The average molecular weight is 386 g/mol. The number of anilines is 1. The topological polar surface area (TPSA) is 29.1 Å². The van der Waals surface area contributed by atoms with Crippen molar-refractivity contribution >= 4 is 45.8 Å². The van der Waals surface area contributed by atoms with Gasteiger partial charge in [0.15, 0.2) is 0 Å². The van der Waals surface area contributed by atoms with Gasteiger partial charge >= 0.3 is 0 Å². The summed E-state index contributed by atoms with van der Waals surface area (Å²) in [5.74, 6) is -0.116. The lowest BCUT2D eigenvalue weighted by molar-refractivity contribution is 0.102. The van der Waals surface area contributed by atoms with E-state index in [1.807, 2.05) is 24.3 Å². The predicted octanol–water partition coefficient (Wildman–Crippen LogP) is 4.76. The standard InChI is InChI=1S/C15H13ClINO/c1-2-10-4-3-5-12(8-10)18-15(19)13-7-6-11(16)9-14(13)17/h3-9H,2H2,1H3,(H,18,19). The van der Waals surface area contributed by atoms with E-state index in [1.54, 1.807) is 18.2 Å². The number of halogens is 2. The van der Waals surface area contributed by atoms with Crippen LogP contribution in [0.2, 0.25) is 5.02 Å². The molecule has 0 saturated carbocycles. The number of carbonyl (C=O) groups excluding carboxylic acids is 1. The monoisotopic (exact) mass is 385 g/mol. The summed E-state index contributed by atoms with van der Waals surface area (Å²) in [7, 11) is 0. The zero-order valence-electron chi connectivity index (χ0n) is 10.4. The summed E-state index contributed by atoms with van der Waals surface area (Å²) in [5, 5.41) is 3.54. The molecule has 0 radical (unpaired) electrons. The minimum atomic E-state index is -0.116. The normalized spacial score (nSPS) is 10.3. The molecule has 0 bridgehead atoms. The maximum absolute atomic E-state index is 12.2. The molecule has 0 aliphatic rings. The van der Waals surface area contributed by atoms with E-state index >= 15 is 0 Å². The van der Waals surface area contributed by atoms with Gasteiger partial charge in [-0.3, -0.25) is 4.79 Å². The number of rotatable bonds is 3. The molecule has 1 N–H and O–H groups in total. The fraction of sp³-hybridized carbons (Fsp3) is 0.133. The Bertz CT molecular complexity index is 613. The van der Waals surface area contributed by atoms with Crippen LogP contribution >= 0.6 is 34.2 Å².